The number of hydrogen-bond donors (Lipinski definition) is 1. The molecule has 0 saturated carbocycles. The number of fused-ring (bicyclic) bond motifs is 1. The molecule has 0 heterocycles. The van der Waals surface area contributed by atoms with Gasteiger partial charge in [0, 0.05) is 0 Å². The van der Waals surface area contributed by atoms with Gasteiger partial charge < -0.3 is 14.2 Å². The zero-order valence-electron chi connectivity index (χ0n) is 18.7. The predicted molar refractivity (Wildman–Crippen MR) is 137 cm³/mol. The number of hydrogen-bond acceptors (Lipinski definition) is 6. The van der Waals surface area contributed by atoms with Crippen molar-refractivity contribution in [2.45, 2.75) is 0 Å². The van der Waals surface area contributed by atoms with Crippen LogP contribution in [0.25, 0.3) is 10.8 Å². The van der Waals surface area contributed by atoms with Gasteiger partial charge in [0.15, 0.2) is 6.61 Å². The zero-order chi connectivity index (χ0) is 24.6. The van der Waals surface area contributed by atoms with Crippen LogP contribution in [0.2, 0.25) is 0 Å². The second kappa shape index (κ2) is 11.3. The molecule has 4 aromatic rings. The fourth-order valence-corrected chi connectivity index (χ4v) is 3.84. The molecule has 1 amide bonds. The zero-order valence-corrected chi connectivity index (χ0v) is 20.3. The Kier molecular flexibility index (Phi) is 7.74. The van der Waals surface area contributed by atoms with E-state index in [-0.39, 0.29) is 6.61 Å². The molecule has 0 unspecified atom stereocenters. The second-order valence-corrected chi connectivity index (χ2v) is 8.16. The minimum atomic E-state index is -0.493. The number of carbonyl (C=O) groups is 2. The molecule has 4 rings (SSSR count). The topological polar surface area (TPSA) is 86.2 Å². The summed E-state index contributed by atoms with van der Waals surface area (Å²) >= 11 is 3.53. The van der Waals surface area contributed by atoms with Crippen LogP contribution < -0.4 is 19.6 Å². The van der Waals surface area contributed by atoms with Gasteiger partial charge in [-0.15, -0.1) is 0 Å². The third-order valence-corrected chi connectivity index (χ3v) is 5.80. The van der Waals surface area contributed by atoms with Crippen LogP contribution in [0.15, 0.2) is 94.5 Å². The summed E-state index contributed by atoms with van der Waals surface area (Å²) in [6.45, 7) is -0.201. The van der Waals surface area contributed by atoms with Crippen LogP contribution >= 0.6 is 15.9 Å². The van der Waals surface area contributed by atoms with Gasteiger partial charge in [-0.25, -0.2) is 10.2 Å². The summed E-state index contributed by atoms with van der Waals surface area (Å²) in [5.41, 5.74) is 3.47. The minimum Gasteiger partial charge on any atom is -0.497 e. The van der Waals surface area contributed by atoms with Crippen LogP contribution in [-0.2, 0) is 4.79 Å². The SMILES string of the molecule is COc1ccc(C(=O)Oc2cccc(/C=N\NC(=O)COc3ccc4ccccc4c3Br)c2)cc1. The molecule has 7 nitrogen and oxygen atoms in total. The lowest BCUT2D eigenvalue weighted by Gasteiger charge is -2.09. The van der Waals surface area contributed by atoms with E-state index in [0.29, 0.717) is 28.4 Å². The number of ether oxygens (including phenoxy) is 3. The van der Waals surface area contributed by atoms with Gasteiger partial charge >= 0.3 is 5.97 Å². The Hall–Kier alpha value is -4.17. The predicted octanol–water partition coefficient (Wildman–Crippen LogP) is 5.36. The molecule has 0 aliphatic heterocycles. The summed E-state index contributed by atoms with van der Waals surface area (Å²) in [6.07, 6.45) is 1.45. The average Bonchev–Trinajstić information content (AvgIpc) is 2.89. The van der Waals surface area contributed by atoms with Crippen molar-refractivity contribution in [3.63, 3.8) is 0 Å². The standard InChI is InChI=1S/C27H21BrN2O5/c1-33-21-12-9-20(10-13-21)27(32)35-22-7-4-5-18(15-22)16-29-30-25(31)17-34-24-14-11-19-6-2-3-8-23(19)26(24)28/h2-16H,17H2,1H3,(H,30,31)/b29-16-. The van der Waals surface area contributed by atoms with Crippen molar-refractivity contribution < 1.29 is 23.8 Å². The molecule has 0 atom stereocenters. The monoisotopic (exact) mass is 532 g/mol. The first-order chi connectivity index (χ1) is 17.0. The van der Waals surface area contributed by atoms with Gasteiger partial charge in [-0.1, -0.05) is 42.5 Å². The third kappa shape index (κ3) is 6.24. The normalized spacial score (nSPS) is 10.8. The van der Waals surface area contributed by atoms with Gasteiger partial charge in [0.2, 0.25) is 0 Å². The highest BCUT2D eigenvalue weighted by molar-refractivity contribution is 9.10. The molecule has 0 aliphatic carbocycles. The Morgan fingerprint density at radius 3 is 2.54 bits per heavy atom. The summed E-state index contributed by atoms with van der Waals surface area (Å²) in [6, 6.07) is 25.0. The molecule has 0 bridgehead atoms. The van der Waals surface area contributed by atoms with E-state index in [1.807, 2.05) is 36.4 Å². The molecular formula is C27H21BrN2O5. The van der Waals surface area contributed by atoms with Crippen molar-refractivity contribution in [2.75, 3.05) is 13.7 Å². The van der Waals surface area contributed by atoms with Crippen molar-refractivity contribution in [3.8, 4) is 17.2 Å². The lowest BCUT2D eigenvalue weighted by atomic mass is 10.1. The van der Waals surface area contributed by atoms with Crippen molar-refractivity contribution >= 4 is 44.8 Å². The van der Waals surface area contributed by atoms with E-state index in [1.165, 1.54) is 6.21 Å². The van der Waals surface area contributed by atoms with Gasteiger partial charge in [-0.05, 0) is 74.7 Å². The van der Waals surface area contributed by atoms with Crippen molar-refractivity contribution in [3.05, 3.63) is 101 Å². The number of methoxy groups -OCH3 is 1. The highest BCUT2D eigenvalue weighted by atomic mass is 79.9. The van der Waals surface area contributed by atoms with Crippen molar-refractivity contribution in [1.82, 2.24) is 5.43 Å². The fraction of sp³-hybridized carbons (Fsp3) is 0.0741. The molecule has 0 spiro atoms. The number of halogens is 1. The second-order valence-electron chi connectivity index (χ2n) is 7.37. The summed E-state index contributed by atoms with van der Waals surface area (Å²) in [5.74, 6) is 0.660. The molecule has 0 aromatic heterocycles. The molecule has 0 fully saturated rings. The summed E-state index contributed by atoms with van der Waals surface area (Å²) in [5, 5.41) is 6.02. The maximum atomic E-state index is 12.3. The van der Waals surface area contributed by atoms with Crippen LogP contribution in [0, 0.1) is 0 Å². The van der Waals surface area contributed by atoms with Gasteiger partial charge in [-0.2, -0.15) is 5.10 Å². The summed E-state index contributed by atoms with van der Waals surface area (Å²) < 4.78 is 16.9. The molecule has 4 aromatic carbocycles. The lowest BCUT2D eigenvalue weighted by molar-refractivity contribution is -0.123. The first kappa shape index (κ1) is 24.0. The molecule has 8 heteroatoms. The largest absolute Gasteiger partial charge is 0.497 e. The van der Waals surface area contributed by atoms with E-state index >= 15 is 0 Å². The van der Waals surface area contributed by atoms with Crippen LogP contribution in [-0.4, -0.2) is 31.8 Å². The number of esters is 1. The Labute approximate surface area is 210 Å². The first-order valence-electron chi connectivity index (χ1n) is 10.6. The number of amides is 1. The van der Waals surface area contributed by atoms with Gasteiger partial charge in [-0.3, -0.25) is 4.79 Å². The van der Waals surface area contributed by atoms with Crippen LogP contribution in [0.1, 0.15) is 15.9 Å². The summed E-state index contributed by atoms with van der Waals surface area (Å²) in [7, 11) is 1.56. The third-order valence-electron chi connectivity index (χ3n) is 4.98. The molecule has 35 heavy (non-hydrogen) atoms. The van der Waals surface area contributed by atoms with E-state index < -0.39 is 11.9 Å². The van der Waals surface area contributed by atoms with E-state index in [1.54, 1.807) is 55.6 Å². The Balaban J connectivity index is 1.30. The van der Waals surface area contributed by atoms with E-state index in [4.69, 9.17) is 14.2 Å². The maximum absolute atomic E-state index is 12.3. The van der Waals surface area contributed by atoms with E-state index in [0.717, 1.165) is 15.2 Å². The number of rotatable bonds is 8. The highest BCUT2D eigenvalue weighted by Gasteiger charge is 2.10. The smallest absolute Gasteiger partial charge is 0.343 e. The van der Waals surface area contributed by atoms with Crippen LogP contribution in [0.4, 0.5) is 0 Å². The van der Waals surface area contributed by atoms with Crippen LogP contribution in [0.5, 0.6) is 17.2 Å². The van der Waals surface area contributed by atoms with Gasteiger partial charge in [0.25, 0.3) is 5.91 Å². The Morgan fingerprint density at radius 2 is 1.74 bits per heavy atom. The fourth-order valence-electron chi connectivity index (χ4n) is 3.23. The maximum Gasteiger partial charge on any atom is 0.343 e. The molecule has 1 N–H and O–H groups in total. The lowest BCUT2D eigenvalue weighted by Crippen LogP contribution is -2.24. The van der Waals surface area contributed by atoms with E-state index in [9.17, 15) is 9.59 Å². The number of benzene rings is 4. The van der Waals surface area contributed by atoms with Crippen molar-refractivity contribution in [2.24, 2.45) is 5.10 Å². The number of hydrazone groups is 1. The van der Waals surface area contributed by atoms with Crippen molar-refractivity contribution in [1.29, 1.82) is 0 Å². The highest BCUT2D eigenvalue weighted by Crippen LogP contribution is 2.32. The first-order valence-corrected chi connectivity index (χ1v) is 11.4. The molecule has 0 aliphatic rings. The quantitative estimate of drug-likeness (QED) is 0.143. The molecule has 0 saturated heterocycles. The molecular weight excluding hydrogens is 512 g/mol. The van der Waals surface area contributed by atoms with Crippen LogP contribution in [0.3, 0.4) is 0 Å². The Morgan fingerprint density at radius 1 is 0.943 bits per heavy atom. The number of nitrogens with one attached hydrogen (secondary N) is 1. The Bertz CT molecular complexity index is 1390. The van der Waals surface area contributed by atoms with E-state index in [2.05, 4.69) is 26.5 Å². The summed E-state index contributed by atoms with van der Waals surface area (Å²) in [4.78, 5) is 24.5. The average molecular weight is 533 g/mol. The molecule has 0 radical (unpaired) electrons. The minimum absolute atomic E-state index is 0.201. The van der Waals surface area contributed by atoms with Gasteiger partial charge in [0.05, 0.1) is 23.4 Å². The number of carbonyl (C=O) groups excluding carboxylic acids is 2. The van der Waals surface area contributed by atoms with Gasteiger partial charge in [0.1, 0.15) is 17.2 Å². The number of nitrogens with zero attached hydrogens (tertiary/aromatic N) is 1. The molecule has 176 valence electrons.